The molecule has 31 heavy (non-hydrogen) atoms. The third-order valence-electron chi connectivity index (χ3n) is 4.16. The van der Waals surface area contributed by atoms with Crippen LogP contribution < -0.4 is 10.6 Å². The van der Waals surface area contributed by atoms with Crippen LogP contribution in [0.3, 0.4) is 0 Å². The Kier molecular flexibility index (Phi) is 8.43. The first-order valence-corrected chi connectivity index (χ1v) is 9.84. The minimum Gasteiger partial charge on any atom is -0.445 e. The van der Waals surface area contributed by atoms with E-state index in [-0.39, 0.29) is 24.0 Å². The van der Waals surface area contributed by atoms with Gasteiger partial charge in [-0.3, -0.25) is 25.0 Å². The molecule has 0 heterocycles. The monoisotopic (exact) mass is 494 g/mol. The van der Waals surface area contributed by atoms with Crippen LogP contribution in [0.25, 0.3) is 0 Å². The Morgan fingerprint density at radius 3 is 2.42 bits per heavy atom. The minimum absolute atomic E-state index is 0.0425. The summed E-state index contributed by atoms with van der Waals surface area (Å²) in [7, 11) is 0. The van der Waals surface area contributed by atoms with Gasteiger partial charge in [0.05, 0.1) is 20.4 Å². The summed E-state index contributed by atoms with van der Waals surface area (Å²) in [5, 5.41) is 27.1. The number of amides is 2. The zero-order valence-electron chi connectivity index (χ0n) is 16.4. The molecule has 0 unspecified atom stereocenters. The second-order valence-electron chi connectivity index (χ2n) is 6.42. The third-order valence-corrected chi connectivity index (χ3v) is 5.07. The number of halogens is 1. The molecule has 2 aromatic rings. The van der Waals surface area contributed by atoms with Gasteiger partial charge in [0.2, 0.25) is 5.91 Å². The van der Waals surface area contributed by atoms with Crippen LogP contribution in [0.4, 0.5) is 16.2 Å². The Bertz CT molecular complexity index is 985. The van der Waals surface area contributed by atoms with Gasteiger partial charge in [-0.15, -0.1) is 0 Å². The van der Waals surface area contributed by atoms with E-state index in [2.05, 4.69) is 26.6 Å². The lowest BCUT2D eigenvalue weighted by Crippen LogP contribution is -2.45. The van der Waals surface area contributed by atoms with Gasteiger partial charge < -0.3 is 15.4 Å². The van der Waals surface area contributed by atoms with Crippen LogP contribution in [0, 0.1) is 20.2 Å². The predicted octanol–water partition coefficient (Wildman–Crippen LogP) is 3.24. The quantitative estimate of drug-likeness (QED) is 0.400. The van der Waals surface area contributed by atoms with Crippen LogP contribution in [-0.4, -0.2) is 34.4 Å². The number of benzene rings is 2. The molecule has 2 N–H and O–H groups in total. The summed E-state index contributed by atoms with van der Waals surface area (Å²) in [5.74, 6) is -0.507. The van der Waals surface area contributed by atoms with Crippen molar-refractivity contribution in [3.63, 3.8) is 0 Å². The molecule has 0 saturated carbocycles. The Morgan fingerprint density at radius 2 is 1.81 bits per heavy atom. The van der Waals surface area contributed by atoms with Gasteiger partial charge in [-0.25, -0.2) is 4.79 Å². The fourth-order valence-corrected chi connectivity index (χ4v) is 3.12. The molecule has 2 aromatic carbocycles. The van der Waals surface area contributed by atoms with Crippen LogP contribution in [0.2, 0.25) is 0 Å². The highest BCUT2D eigenvalue weighted by Gasteiger charge is 2.23. The SMILES string of the molecule is C[C@H](NC(=O)OCc1ccccc1)C(=O)NCCc1cc([N+](=O)[O-])cc([N+](=O)[O-])c1Br. The second kappa shape index (κ2) is 11.0. The van der Waals surface area contributed by atoms with Gasteiger partial charge in [0.1, 0.15) is 12.6 Å². The summed E-state index contributed by atoms with van der Waals surface area (Å²) in [5.41, 5.74) is 0.231. The number of hydrogen-bond donors (Lipinski definition) is 2. The summed E-state index contributed by atoms with van der Waals surface area (Å²) in [6.45, 7) is 1.56. The standard InChI is InChI=1S/C19H19BrN4O7/c1-12(22-19(26)31-11-13-5-3-2-4-6-13)18(25)21-8-7-14-9-15(23(27)28)10-16(17(14)20)24(29)30/h2-6,9-10,12H,7-8,11H2,1H3,(H,21,25)(H,22,26)/t12-/m0/s1. The highest BCUT2D eigenvalue weighted by molar-refractivity contribution is 9.10. The molecule has 0 aliphatic heterocycles. The van der Waals surface area contributed by atoms with Gasteiger partial charge in [-0.1, -0.05) is 30.3 Å². The van der Waals surface area contributed by atoms with Crippen LogP contribution in [0.15, 0.2) is 46.9 Å². The number of nitrogens with one attached hydrogen (secondary N) is 2. The van der Waals surface area contributed by atoms with E-state index in [1.54, 1.807) is 24.3 Å². The van der Waals surface area contributed by atoms with Crippen molar-refractivity contribution in [2.24, 2.45) is 0 Å². The molecule has 0 spiro atoms. The molecular weight excluding hydrogens is 476 g/mol. The maximum Gasteiger partial charge on any atom is 0.408 e. The average Bonchev–Trinajstić information content (AvgIpc) is 2.73. The van der Waals surface area contributed by atoms with E-state index >= 15 is 0 Å². The highest BCUT2D eigenvalue weighted by atomic mass is 79.9. The lowest BCUT2D eigenvalue weighted by Gasteiger charge is -2.14. The summed E-state index contributed by atoms with van der Waals surface area (Å²) in [6.07, 6.45) is -0.663. The maximum absolute atomic E-state index is 12.2. The number of hydrogen-bond acceptors (Lipinski definition) is 7. The molecule has 0 bridgehead atoms. The van der Waals surface area contributed by atoms with Crippen LogP contribution in [0.5, 0.6) is 0 Å². The van der Waals surface area contributed by atoms with Crippen molar-refractivity contribution in [2.75, 3.05) is 6.54 Å². The molecule has 0 fully saturated rings. The molecule has 1 atom stereocenters. The van der Waals surface area contributed by atoms with Crippen molar-refractivity contribution >= 4 is 39.3 Å². The molecule has 2 rings (SSSR count). The minimum atomic E-state index is -0.897. The number of nitro benzene ring substituents is 2. The molecule has 11 nitrogen and oxygen atoms in total. The van der Waals surface area contributed by atoms with Gasteiger partial charge in [0.25, 0.3) is 11.4 Å². The van der Waals surface area contributed by atoms with Crippen molar-refractivity contribution in [2.45, 2.75) is 26.0 Å². The summed E-state index contributed by atoms with van der Waals surface area (Å²) >= 11 is 3.08. The number of rotatable bonds is 9. The summed E-state index contributed by atoms with van der Waals surface area (Å²) in [4.78, 5) is 44.6. The molecule has 12 heteroatoms. The fraction of sp³-hybridized carbons (Fsp3) is 0.263. The third kappa shape index (κ3) is 7.03. The molecular formula is C19H19BrN4O7. The summed E-state index contributed by atoms with van der Waals surface area (Å²) < 4.78 is 5.15. The first-order valence-electron chi connectivity index (χ1n) is 9.05. The summed E-state index contributed by atoms with van der Waals surface area (Å²) in [6, 6.07) is 10.2. The van der Waals surface area contributed by atoms with Crippen molar-refractivity contribution < 1.29 is 24.2 Å². The van der Waals surface area contributed by atoms with Crippen LogP contribution in [-0.2, 0) is 22.6 Å². The topological polar surface area (TPSA) is 154 Å². The first-order chi connectivity index (χ1) is 14.7. The number of ether oxygens (including phenoxy) is 1. The number of carbonyl (C=O) groups excluding carboxylic acids is 2. The molecule has 164 valence electrons. The van der Waals surface area contributed by atoms with Crippen LogP contribution in [0.1, 0.15) is 18.1 Å². The predicted molar refractivity (Wildman–Crippen MR) is 113 cm³/mol. The van der Waals surface area contributed by atoms with Crippen molar-refractivity contribution in [1.29, 1.82) is 0 Å². The van der Waals surface area contributed by atoms with E-state index in [9.17, 15) is 29.8 Å². The largest absolute Gasteiger partial charge is 0.445 e. The van der Waals surface area contributed by atoms with E-state index in [0.29, 0.717) is 5.56 Å². The van der Waals surface area contributed by atoms with Gasteiger partial charge in [0, 0.05) is 12.6 Å². The van der Waals surface area contributed by atoms with Crippen molar-refractivity contribution in [3.05, 3.63) is 78.3 Å². The van der Waals surface area contributed by atoms with Gasteiger partial charge >= 0.3 is 6.09 Å². The van der Waals surface area contributed by atoms with E-state index < -0.39 is 39.3 Å². The second-order valence-corrected chi connectivity index (χ2v) is 7.21. The zero-order valence-corrected chi connectivity index (χ0v) is 18.0. The molecule has 0 saturated heterocycles. The van der Waals surface area contributed by atoms with Gasteiger partial charge in [0.15, 0.2) is 0 Å². The number of carbonyl (C=O) groups is 2. The number of nitro groups is 2. The Balaban J connectivity index is 1.87. The molecule has 0 radical (unpaired) electrons. The Labute approximate surface area is 185 Å². The molecule has 0 aromatic heterocycles. The smallest absolute Gasteiger partial charge is 0.408 e. The number of non-ortho nitro benzene ring substituents is 1. The van der Waals surface area contributed by atoms with E-state index in [4.69, 9.17) is 4.74 Å². The fourth-order valence-electron chi connectivity index (χ4n) is 2.55. The van der Waals surface area contributed by atoms with Gasteiger partial charge in [-0.05, 0) is 40.4 Å². The van der Waals surface area contributed by atoms with E-state index in [0.717, 1.165) is 11.6 Å². The molecule has 0 aliphatic carbocycles. The van der Waals surface area contributed by atoms with Crippen LogP contribution >= 0.6 is 15.9 Å². The maximum atomic E-state index is 12.2. The van der Waals surface area contributed by atoms with Crippen molar-refractivity contribution in [3.8, 4) is 0 Å². The zero-order chi connectivity index (χ0) is 23.0. The lowest BCUT2D eigenvalue weighted by atomic mass is 10.1. The first kappa shape index (κ1) is 23.7. The average molecular weight is 495 g/mol. The molecule has 2 amide bonds. The normalized spacial score (nSPS) is 11.3. The Hall–Kier alpha value is -3.54. The lowest BCUT2D eigenvalue weighted by molar-refractivity contribution is -0.394. The van der Waals surface area contributed by atoms with Crippen molar-refractivity contribution in [1.82, 2.24) is 10.6 Å². The highest BCUT2D eigenvalue weighted by Crippen LogP contribution is 2.33. The molecule has 0 aliphatic rings. The Morgan fingerprint density at radius 1 is 1.13 bits per heavy atom. The van der Waals surface area contributed by atoms with Gasteiger partial charge in [-0.2, -0.15) is 0 Å². The van der Waals surface area contributed by atoms with E-state index in [1.165, 1.54) is 13.0 Å². The van der Waals surface area contributed by atoms with E-state index in [1.807, 2.05) is 6.07 Å². The number of nitrogens with zero attached hydrogens (tertiary/aromatic N) is 2. The number of alkyl carbamates (subject to hydrolysis) is 1.